The Bertz CT molecular complexity index is 527. The van der Waals surface area contributed by atoms with E-state index in [0.29, 0.717) is 6.54 Å². The summed E-state index contributed by atoms with van der Waals surface area (Å²) >= 11 is 0. The Kier molecular flexibility index (Phi) is 5.69. The molecule has 0 aliphatic carbocycles. The van der Waals surface area contributed by atoms with Crippen LogP contribution in [0.1, 0.15) is 43.7 Å². The number of carbonyl (C=O) groups excluding carboxylic acids is 1. The van der Waals surface area contributed by atoms with E-state index in [9.17, 15) is 4.79 Å². The second-order valence-corrected chi connectivity index (χ2v) is 6.07. The number of methoxy groups -OCH3 is 2. The summed E-state index contributed by atoms with van der Waals surface area (Å²) in [6, 6.07) is 4.04. The molecule has 1 heterocycles. The second-order valence-electron chi connectivity index (χ2n) is 6.07. The molecule has 0 N–H and O–H groups in total. The molecule has 1 unspecified atom stereocenters. The summed E-state index contributed by atoms with van der Waals surface area (Å²) in [5.74, 6) is 1.80. The van der Waals surface area contributed by atoms with Crippen LogP contribution in [0, 0.1) is 5.92 Å². The zero-order chi connectivity index (χ0) is 16.1. The molecule has 0 fully saturated rings. The summed E-state index contributed by atoms with van der Waals surface area (Å²) in [6.07, 6.45) is 5.24. The van der Waals surface area contributed by atoms with Crippen molar-refractivity contribution in [3.05, 3.63) is 23.3 Å². The maximum absolute atomic E-state index is 12.6. The zero-order valence-corrected chi connectivity index (χ0v) is 14.1. The van der Waals surface area contributed by atoms with E-state index in [2.05, 4.69) is 6.92 Å². The predicted molar refractivity (Wildman–Crippen MR) is 87.4 cm³/mol. The Balaban J connectivity index is 2.29. The summed E-state index contributed by atoms with van der Waals surface area (Å²) in [4.78, 5) is 14.4. The zero-order valence-electron chi connectivity index (χ0n) is 14.1. The van der Waals surface area contributed by atoms with Crippen LogP contribution in [0.2, 0.25) is 0 Å². The molecule has 1 aliphatic rings. The molecule has 4 heteroatoms. The van der Waals surface area contributed by atoms with E-state index in [1.807, 2.05) is 24.1 Å². The van der Waals surface area contributed by atoms with Crippen LogP contribution in [0.3, 0.4) is 0 Å². The first-order valence-corrected chi connectivity index (χ1v) is 8.09. The van der Waals surface area contributed by atoms with Gasteiger partial charge in [-0.25, -0.2) is 0 Å². The minimum Gasteiger partial charge on any atom is -0.493 e. The topological polar surface area (TPSA) is 38.8 Å². The Labute approximate surface area is 133 Å². The number of benzene rings is 1. The molecule has 0 spiro atoms. The molecule has 1 aliphatic heterocycles. The highest BCUT2D eigenvalue weighted by Gasteiger charge is 2.28. The van der Waals surface area contributed by atoms with E-state index < -0.39 is 0 Å². The minimum atomic E-state index is 0.0795. The Morgan fingerprint density at radius 3 is 2.36 bits per heavy atom. The van der Waals surface area contributed by atoms with Crippen molar-refractivity contribution in [3.8, 4) is 11.5 Å². The van der Waals surface area contributed by atoms with E-state index in [-0.39, 0.29) is 11.8 Å². The lowest BCUT2D eigenvalue weighted by molar-refractivity contribution is -0.134. The highest BCUT2D eigenvalue weighted by molar-refractivity contribution is 5.79. The summed E-state index contributed by atoms with van der Waals surface area (Å²) < 4.78 is 10.8. The normalized spacial score (nSPS) is 17.9. The minimum absolute atomic E-state index is 0.0795. The van der Waals surface area contributed by atoms with Gasteiger partial charge >= 0.3 is 0 Å². The van der Waals surface area contributed by atoms with Crippen LogP contribution >= 0.6 is 0 Å². The second kappa shape index (κ2) is 7.52. The van der Waals surface area contributed by atoms with Crippen LogP contribution in [-0.2, 0) is 17.8 Å². The molecular formula is C18H27NO3. The largest absolute Gasteiger partial charge is 0.493 e. The fourth-order valence-electron chi connectivity index (χ4n) is 3.16. The van der Waals surface area contributed by atoms with Gasteiger partial charge in [-0.15, -0.1) is 0 Å². The molecule has 1 atom stereocenters. The lowest BCUT2D eigenvalue weighted by Crippen LogP contribution is -2.31. The number of nitrogens with zero attached hydrogens (tertiary/aromatic N) is 1. The van der Waals surface area contributed by atoms with E-state index in [1.165, 1.54) is 18.4 Å². The third kappa shape index (κ3) is 3.54. The molecule has 1 amide bonds. The monoisotopic (exact) mass is 305 g/mol. The predicted octanol–water partition coefficient (Wildman–Crippen LogP) is 3.41. The van der Waals surface area contributed by atoms with Gasteiger partial charge < -0.3 is 14.4 Å². The number of rotatable bonds is 6. The van der Waals surface area contributed by atoms with Crippen LogP contribution in [-0.4, -0.2) is 32.1 Å². The molecule has 0 bridgehead atoms. The van der Waals surface area contributed by atoms with E-state index >= 15 is 0 Å². The van der Waals surface area contributed by atoms with Gasteiger partial charge in [0.15, 0.2) is 11.5 Å². The van der Waals surface area contributed by atoms with Crippen LogP contribution < -0.4 is 9.47 Å². The van der Waals surface area contributed by atoms with Gasteiger partial charge in [-0.05, 0) is 36.1 Å². The third-order valence-corrected chi connectivity index (χ3v) is 4.46. The maximum atomic E-state index is 12.6. The van der Waals surface area contributed by atoms with Gasteiger partial charge in [-0.2, -0.15) is 0 Å². The summed E-state index contributed by atoms with van der Waals surface area (Å²) in [6.45, 7) is 2.83. The van der Waals surface area contributed by atoms with Crippen molar-refractivity contribution in [2.45, 2.75) is 45.6 Å². The smallest absolute Gasteiger partial charge is 0.226 e. The van der Waals surface area contributed by atoms with Crippen molar-refractivity contribution in [2.24, 2.45) is 5.92 Å². The van der Waals surface area contributed by atoms with Crippen LogP contribution in [0.15, 0.2) is 12.1 Å². The average Bonchev–Trinajstić information content (AvgIpc) is 2.64. The van der Waals surface area contributed by atoms with E-state index in [4.69, 9.17) is 9.47 Å². The molecular weight excluding hydrogens is 278 g/mol. The molecule has 0 saturated heterocycles. The molecule has 1 aromatic carbocycles. The molecule has 0 aromatic heterocycles. The van der Waals surface area contributed by atoms with Crippen molar-refractivity contribution < 1.29 is 14.3 Å². The van der Waals surface area contributed by atoms with Crippen molar-refractivity contribution in [1.82, 2.24) is 4.90 Å². The molecule has 0 saturated carbocycles. The van der Waals surface area contributed by atoms with Crippen LogP contribution in [0.5, 0.6) is 11.5 Å². The third-order valence-electron chi connectivity index (χ3n) is 4.46. The quantitative estimate of drug-likeness (QED) is 0.756. The fourth-order valence-corrected chi connectivity index (χ4v) is 3.16. The molecule has 2 rings (SSSR count). The van der Waals surface area contributed by atoms with Crippen molar-refractivity contribution >= 4 is 5.91 Å². The maximum Gasteiger partial charge on any atom is 0.226 e. The standard InChI is InChI=1S/C18H27NO3/c1-5-6-7-8-13-9-14-10-16(21-3)17(22-4)11-15(14)12-19(2)18(13)20/h10-11,13H,5-9,12H2,1-4H3. The van der Waals surface area contributed by atoms with Gasteiger partial charge in [0.25, 0.3) is 0 Å². The molecule has 122 valence electrons. The number of carbonyl (C=O) groups is 1. The van der Waals surface area contributed by atoms with Gasteiger partial charge in [0.2, 0.25) is 5.91 Å². The Hall–Kier alpha value is -1.71. The van der Waals surface area contributed by atoms with E-state index in [1.54, 1.807) is 14.2 Å². The number of hydrogen-bond donors (Lipinski definition) is 0. The highest BCUT2D eigenvalue weighted by Crippen LogP contribution is 2.34. The molecule has 22 heavy (non-hydrogen) atoms. The summed E-state index contributed by atoms with van der Waals surface area (Å²) in [5.41, 5.74) is 2.36. The number of amides is 1. The van der Waals surface area contributed by atoms with Gasteiger partial charge in [0, 0.05) is 19.5 Å². The van der Waals surface area contributed by atoms with Gasteiger partial charge in [-0.3, -0.25) is 4.79 Å². The Morgan fingerprint density at radius 1 is 1.14 bits per heavy atom. The van der Waals surface area contributed by atoms with E-state index in [0.717, 1.165) is 36.3 Å². The van der Waals surface area contributed by atoms with Crippen molar-refractivity contribution in [2.75, 3.05) is 21.3 Å². The number of unbranched alkanes of at least 4 members (excludes halogenated alkanes) is 2. The van der Waals surface area contributed by atoms with Gasteiger partial charge in [-0.1, -0.05) is 26.2 Å². The number of ether oxygens (including phenoxy) is 2. The van der Waals surface area contributed by atoms with Crippen LogP contribution in [0.25, 0.3) is 0 Å². The molecule has 1 aromatic rings. The first-order chi connectivity index (χ1) is 10.6. The summed E-state index contributed by atoms with van der Waals surface area (Å²) in [7, 11) is 5.18. The number of fused-ring (bicyclic) bond motifs is 1. The fraction of sp³-hybridized carbons (Fsp3) is 0.611. The number of hydrogen-bond acceptors (Lipinski definition) is 3. The SMILES string of the molecule is CCCCCC1Cc2cc(OC)c(OC)cc2CN(C)C1=O. The van der Waals surface area contributed by atoms with Gasteiger partial charge in [0.05, 0.1) is 14.2 Å². The van der Waals surface area contributed by atoms with Crippen molar-refractivity contribution in [3.63, 3.8) is 0 Å². The Morgan fingerprint density at radius 2 is 1.77 bits per heavy atom. The highest BCUT2D eigenvalue weighted by atomic mass is 16.5. The molecule has 4 nitrogen and oxygen atoms in total. The average molecular weight is 305 g/mol. The molecule has 0 radical (unpaired) electrons. The lowest BCUT2D eigenvalue weighted by atomic mass is 9.92. The lowest BCUT2D eigenvalue weighted by Gasteiger charge is -2.19. The van der Waals surface area contributed by atoms with Crippen LogP contribution in [0.4, 0.5) is 0 Å². The first-order valence-electron chi connectivity index (χ1n) is 8.09. The first kappa shape index (κ1) is 16.7. The summed E-state index contributed by atoms with van der Waals surface area (Å²) in [5, 5.41) is 0. The van der Waals surface area contributed by atoms with Gasteiger partial charge in [0.1, 0.15) is 0 Å². The van der Waals surface area contributed by atoms with Crippen molar-refractivity contribution in [1.29, 1.82) is 0 Å².